The number of nitrogens with one attached hydrogen (secondary N) is 1. The van der Waals surface area contributed by atoms with Crippen molar-refractivity contribution in [1.82, 2.24) is 10.2 Å². The van der Waals surface area contributed by atoms with E-state index in [0.717, 1.165) is 18.7 Å². The molecule has 0 aromatic rings. The highest BCUT2D eigenvalue weighted by atomic mass is 16.5. The van der Waals surface area contributed by atoms with Gasteiger partial charge in [0, 0.05) is 45.4 Å². The van der Waals surface area contributed by atoms with Crippen LogP contribution in [0.3, 0.4) is 0 Å². The molecule has 1 aliphatic heterocycles. The number of nitrogens with zero attached hydrogens (tertiary/aromatic N) is 1. The molecule has 2 atom stereocenters. The summed E-state index contributed by atoms with van der Waals surface area (Å²) in [4.78, 5) is 2.66. The third kappa shape index (κ3) is 2.27. The van der Waals surface area contributed by atoms with Crippen molar-refractivity contribution in [2.45, 2.75) is 37.8 Å². The summed E-state index contributed by atoms with van der Waals surface area (Å²) in [6.07, 6.45) is 5.36. The van der Waals surface area contributed by atoms with Crippen molar-refractivity contribution in [2.75, 3.05) is 33.4 Å². The lowest BCUT2D eigenvalue weighted by atomic mass is 10.1. The van der Waals surface area contributed by atoms with Gasteiger partial charge in [-0.15, -0.1) is 0 Å². The van der Waals surface area contributed by atoms with Crippen LogP contribution in [0, 0.1) is 0 Å². The maximum Gasteiger partial charge on any atom is 0.0474 e. The van der Waals surface area contributed by atoms with Gasteiger partial charge < -0.3 is 10.1 Å². The van der Waals surface area contributed by atoms with Crippen LogP contribution in [0.4, 0.5) is 0 Å². The van der Waals surface area contributed by atoms with Gasteiger partial charge in [0.2, 0.25) is 0 Å². The fraction of sp³-hybridized carbons (Fsp3) is 1.00. The molecule has 0 amide bonds. The fourth-order valence-corrected chi connectivity index (χ4v) is 2.86. The fourth-order valence-electron chi connectivity index (χ4n) is 2.86. The lowest BCUT2D eigenvalue weighted by Crippen LogP contribution is -2.55. The third-order valence-electron chi connectivity index (χ3n) is 3.55. The minimum absolute atomic E-state index is 0.784. The van der Waals surface area contributed by atoms with Gasteiger partial charge in [0.15, 0.2) is 0 Å². The molecule has 3 nitrogen and oxygen atoms in total. The quantitative estimate of drug-likeness (QED) is 0.678. The van der Waals surface area contributed by atoms with Crippen molar-refractivity contribution in [1.29, 1.82) is 0 Å². The first kappa shape index (κ1) is 10.4. The lowest BCUT2D eigenvalue weighted by molar-refractivity contribution is 0.115. The molecule has 0 bridgehead atoms. The van der Waals surface area contributed by atoms with E-state index in [0.29, 0.717) is 0 Å². The number of hydrogen-bond acceptors (Lipinski definition) is 3. The Labute approximate surface area is 86.8 Å². The van der Waals surface area contributed by atoms with E-state index in [4.69, 9.17) is 4.74 Å². The molecule has 0 unspecified atom stereocenters. The Bertz CT molecular complexity index is 175. The Balaban J connectivity index is 1.78. The third-order valence-corrected chi connectivity index (χ3v) is 3.55. The number of methoxy groups -OCH3 is 1. The van der Waals surface area contributed by atoms with E-state index < -0.39 is 0 Å². The summed E-state index contributed by atoms with van der Waals surface area (Å²) in [5, 5.41) is 3.63. The summed E-state index contributed by atoms with van der Waals surface area (Å²) in [6, 6.07) is 1.60. The smallest absolute Gasteiger partial charge is 0.0474 e. The van der Waals surface area contributed by atoms with E-state index in [2.05, 4.69) is 10.2 Å². The van der Waals surface area contributed by atoms with Crippen molar-refractivity contribution >= 4 is 0 Å². The predicted molar refractivity (Wildman–Crippen MR) is 57.5 cm³/mol. The molecule has 1 saturated carbocycles. The first-order chi connectivity index (χ1) is 6.92. The molecule has 1 heterocycles. The minimum Gasteiger partial charge on any atom is -0.385 e. The molecule has 0 spiro atoms. The standard InChI is InChI=1S/C11H22N2O/c1-14-9-3-7-13-8-6-12-10-4-2-5-11(10)13/h10-12H,2-9H2,1H3/t10-,11-/m1/s1. The maximum atomic E-state index is 5.10. The van der Waals surface area contributed by atoms with Gasteiger partial charge in [-0.2, -0.15) is 0 Å². The summed E-state index contributed by atoms with van der Waals surface area (Å²) in [5.74, 6) is 0. The molecule has 14 heavy (non-hydrogen) atoms. The number of rotatable bonds is 4. The Morgan fingerprint density at radius 1 is 1.43 bits per heavy atom. The van der Waals surface area contributed by atoms with Crippen LogP contribution in [0.2, 0.25) is 0 Å². The van der Waals surface area contributed by atoms with E-state index in [1.54, 1.807) is 7.11 Å². The van der Waals surface area contributed by atoms with Crippen LogP contribution >= 0.6 is 0 Å². The molecule has 1 N–H and O–H groups in total. The van der Waals surface area contributed by atoms with Gasteiger partial charge in [-0.05, 0) is 19.3 Å². The summed E-state index contributed by atoms with van der Waals surface area (Å²) < 4.78 is 5.10. The van der Waals surface area contributed by atoms with Gasteiger partial charge in [-0.1, -0.05) is 6.42 Å². The van der Waals surface area contributed by atoms with Crippen LogP contribution in [0.25, 0.3) is 0 Å². The van der Waals surface area contributed by atoms with Crippen LogP contribution in [0.5, 0.6) is 0 Å². The molecular formula is C11H22N2O. The second-order valence-electron chi connectivity index (χ2n) is 4.44. The molecule has 3 heteroatoms. The molecule has 0 aromatic carbocycles. The van der Waals surface area contributed by atoms with Gasteiger partial charge in [-0.25, -0.2) is 0 Å². The Kier molecular flexibility index (Phi) is 3.79. The number of ether oxygens (including phenoxy) is 1. The topological polar surface area (TPSA) is 24.5 Å². The zero-order valence-electron chi connectivity index (χ0n) is 9.17. The molecule has 1 saturated heterocycles. The zero-order chi connectivity index (χ0) is 9.80. The second kappa shape index (κ2) is 5.10. The first-order valence-electron chi connectivity index (χ1n) is 5.88. The van der Waals surface area contributed by atoms with Crippen LogP contribution < -0.4 is 5.32 Å². The van der Waals surface area contributed by atoms with Gasteiger partial charge in [0.1, 0.15) is 0 Å². The van der Waals surface area contributed by atoms with Crippen molar-refractivity contribution in [3.63, 3.8) is 0 Å². The number of piperazine rings is 1. The SMILES string of the molecule is COCCCN1CCN[C@@H]2CCC[C@H]21. The molecule has 0 radical (unpaired) electrons. The zero-order valence-corrected chi connectivity index (χ0v) is 9.17. The Hall–Kier alpha value is -0.120. The summed E-state index contributed by atoms with van der Waals surface area (Å²) in [7, 11) is 1.79. The molecular weight excluding hydrogens is 176 g/mol. The average Bonchev–Trinajstić information content (AvgIpc) is 2.67. The molecule has 82 valence electrons. The first-order valence-corrected chi connectivity index (χ1v) is 5.88. The molecule has 2 fully saturated rings. The maximum absolute atomic E-state index is 5.10. The summed E-state index contributed by atoms with van der Waals surface area (Å²) in [6.45, 7) is 4.52. The average molecular weight is 198 g/mol. The van der Waals surface area contributed by atoms with E-state index >= 15 is 0 Å². The highest BCUT2D eigenvalue weighted by molar-refractivity contribution is 4.93. The van der Waals surface area contributed by atoms with E-state index in [1.807, 2.05) is 0 Å². The van der Waals surface area contributed by atoms with Crippen molar-refractivity contribution < 1.29 is 4.74 Å². The number of hydrogen-bond donors (Lipinski definition) is 1. The van der Waals surface area contributed by atoms with Gasteiger partial charge >= 0.3 is 0 Å². The Morgan fingerprint density at radius 2 is 2.36 bits per heavy atom. The van der Waals surface area contributed by atoms with E-state index in [1.165, 1.54) is 45.3 Å². The second-order valence-corrected chi connectivity index (χ2v) is 4.44. The summed E-state index contributed by atoms with van der Waals surface area (Å²) >= 11 is 0. The monoisotopic (exact) mass is 198 g/mol. The van der Waals surface area contributed by atoms with Crippen molar-refractivity contribution in [3.05, 3.63) is 0 Å². The minimum atomic E-state index is 0.784. The van der Waals surface area contributed by atoms with Gasteiger partial charge in [-0.3, -0.25) is 4.90 Å². The highest BCUT2D eigenvalue weighted by Gasteiger charge is 2.34. The van der Waals surface area contributed by atoms with E-state index in [-0.39, 0.29) is 0 Å². The normalized spacial score (nSPS) is 33.2. The molecule has 0 aromatic heterocycles. The molecule has 2 rings (SSSR count). The van der Waals surface area contributed by atoms with Crippen LogP contribution in [0.15, 0.2) is 0 Å². The van der Waals surface area contributed by atoms with Gasteiger partial charge in [0.25, 0.3) is 0 Å². The van der Waals surface area contributed by atoms with Crippen molar-refractivity contribution in [3.8, 4) is 0 Å². The largest absolute Gasteiger partial charge is 0.385 e. The van der Waals surface area contributed by atoms with Gasteiger partial charge in [0.05, 0.1) is 0 Å². The predicted octanol–water partition coefficient (Wildman–Crippen LogP) is 0.849. The number of fused-ring (bicyclic) bond motifs is 1. The Morgan fingerprint density at radius 3 is 3.21 bits per heavy atom. The van der Waals surface area contributed by atoms with Crippen LogP contribution in [-0.4, -0.2) is 50.3 Å². The highest BCUT2D eigenvalue weighted by Crippen LogP contribution is 2.26. The lowest BCUT2D eigenvalue weighted by Gasteiger charge is -2.38. The van der Waals surface area contributed by atoms with Crippen molar-refractivity contribution in [2.24, 2.45) is 0 Å². The molecule has 1 aliphatic carbocycles. The van der Waals surface area contributed by atoms with Crippen LogP contribution in [-0.2, 0) is 4.74 Å². The summed E-state index contributed by atoms with van der Waals surface area (Å²) in [5.41, 5.74) is 0. The molecule has 2 aliphatic rings. The van der Waals surface area contributed by atoms with Crippen LogP contribution in [0.1, 0.15) is 25.7 Å². The van der Waals surface area contributed by atoms with E-state index in [9.17, 15) is 0 Å².